The predicted octanol–water partition coefficient (Wildman–Crippen LogP) is 3.66. The minimum absolute atomic E-state index is 0.0112. The molecule has 0 unspecified atom stereocenters. The fourth-order valence-corrected chi connectivity index (χ4v) is 4.56. The monoisotopic (exact) mass is 408 g/mol. The van der Waals surface area contributed by atoms with Gasteiger partial charge in [-0.15, -0.1) is 0 Å². The average molecular weight is 408 g/mol. The van der Waals surface area contributed by atoms with Crippen LogP contribution in [0.1, 0.15) is 24.5 Å². The Morgan fingerprint density at radius 3 is 2.13 bits per heavy atom. The van der Waals surface area contributed by atoms with Gasteiger partial charge in [0.2, 0.25) is 0 Å². The zero-order chi connectivity index (χ0) is 20.9. The van der Waals surface area contributed by atoms with Gasteiger partial charge in [-0.25, -0.2) is 0 Å². The molecule has 2 aromatic carbocycles. The van der Waals surface area contributed by atoms with E-state index in [0.29, 0.717) is 19.6 Å². The summed E-state index contributed by atoms with van der Waals surface area (Å²) in [7, 11) is 0. The van der Waals surface area contributed by atoms with Gasteiger partial charge in [0, 0.05) is 18.8 Å². The van der Waals surface area contributed by atoms with Crippen LogP contribution in [0.15, 0.2) is 72.3 Å². The quantitative estimate of drug-likeness (QED) is 0.534. The minimum Gasteiger partial charge on any atom is -0.461 e. The van der Waals surface area contributed by atoms with E-state index in [-0.39, 0.29) is 36.6 Å². The van der Waals surface area contributed by atoms with Gasteiger partial charge in [0.1, 0.15) is 6.61 Å². The van der Waals surface area contributed by atoms with Crippen LogP contribution in [0.25, 0.3) is 0 Å². The Labute approximate surface area is 177 Å². The number of carbonyl (C=O) groups is 1. The van der Waals surface area contributed by atoms with Crippen LogP contribution in [0, 0.1) is 11.8 Å². The van der Waals surface area contributed by atoms with E-state index in [1.807, 2.05) is 66.7 Å². The van der Waals surface area contributed by atoms with Crippen molar-refractivity contribution in [2.75, 3.05) is 6.61 Å². The Balaban J connectivity index is 1.50. The minimum atomic E-state index is -0.575. The van der Waals surface area contributed by atoms with Crippen molar-refractivity contribution >= 4 is 5.97 Å². The van der Waals surface area contributed by atoms with Gasteiger partial charge in [-0.3, -0.25) is 4.79 Å². The number of aliphatic hydroxyl groups excluding tert-OH is 1. The first-order valence-electron chi connectivity index (χ1n) is 10.4. The molecular weight excluding hydrogens is 380 g/mol. The number of carbonyl (C=O) groups excluding carboxylic acids is 1. The van der Waals surface area contributed by atoms with Crippen LogP contribution in [0.5, 0.6) is 0 Å². The summed E-state index contributed by atoms with van der Waals surface area (Å²) in [6.45, 7) is 2.55. The second-order valence-corrected chi connectivity index (χ2v) is 8.03. The molecule has 5 heteroatoms. The molecule has 1 saturated carbocycles. The highest BCUT2D eigenvalue weighted by Crippen LogP contribution is 2.47. The highest BCUT2D eigenvalue weighted by molar-refractivity contribution is 5.66. The van der Waals surface area contributed by atoms with Crippen molar-refractivity contribution in [1.82, 2.24) is 0 Å². The largest absolute Gasteiger partial charge is 0.461 e. The summed E-state index contributed by atoms with van der Waals surface area (Å²) in [5.74, 6) is -0.341. The Hall–Kier alpha value is -2.47. The Bertz CT molecular complexity index is 864. The SMILES string of the molecule is CC(=O)OCC1=C[C@H](O)[C@@H]2C[C@@H](OCc3ccccc3)[C@@H](OCc3ccccc3)[C@H]12. The number of esters is 1. The van der Waals surface area contributed by atoms with Gasteiger partial charge in [0.15, 0.2) is 0 Å². The number of fused-ring (bicyclic) bond motifs is 1. The van der Waals surface area contributed by atoms with Gasteiger partial charge in [-0.05, 0) is 23.1 Å². The van der Waals surface area contributed by atoms with E-state index in [0.717, 1.165) is 16.7 Å². The van der Waals surface area contributed by atoms with E-state index >= 15 is 0 Å². The van der Waals surface area contributed by atoms with E-state index in [1.54, 1.807) is 0 Å². The van der Waals surface area contributed by atoms with E-state index in [2.05, 4.69) is 0 Å². The van der Waals surface area contributed by atoms with Crippen molar-refractivity contribution in [1.29, 1.82) is 0 Å². The molecule has 158 valence electrons. The van der Waals surface area contributed by atoms with Crippen molar-refractivity contribution in [3.63, 3.8) is 0 Å². The summed E-state index contributed by atoms with van der Waals surface area (Å²) in [6, 6.07) is 20.1. The first-order valence-corrected chi connectivity index (χ1v) is 10.4. The Kier molecular flexibility index (Phi) is 6.62. The molecule has 1 N–H and O–H groups in total. The lowest BCUT2D eigenvalue weighted by Gasteiger charge is -2.27. The van der Waals surface area contributed by atoms with E-state index in [1.165, 1.54) is 6.92 Å². The lowest BCUT2D eigenvalue weighted by Crippen LogP contribution is -2.33. The topological polar surface area (TPSA) is 65.0 Å². The zero-order valence-electron chi connectivity index (χ0n) is 17.1. The molecule has 1 fully saturated rings. The number of ether oxygens (including phenoxy) is 3. The lowest BCUT2D eigenvalue weighted by molar-refractivity contribution is -0.140. The lowest BCUT2D eigenvalue weighted by atomic mass is 9.92. The Morgan fingerprint density at radius 1 is 0.933 bits per heavy atom. The maximum atomic E-state index is 11.3. The van der Waals surface area contributed by atoms with Gasteiger partial charge in [-0.2, -0.15) is 0 Å². The predicted molar refractivity (Wildman–Crippen MR) is 112 cm³/mol. The average Bonchev–Trinajstić information content (AvgIpc) is 3.28. The highest BCUT2D eigenvalue weighted by Gasteiger charge is 2.51. The summed E-state index contributed by atoms with van der Waals surface area (Å²) in [5, 5.41) is 10.6. The summed E-state index contributed by atoms with van der Waals surface area (Å²) in [4.78, 5) is 11.3. The van der Waals surface area contributed by atoms with Crippen LogP contribution in [-0.4, -0.2) is 36.0 Å². The summed E-state index contributed by atoms with van der Waals surface area (Å²) in [5.41, 5.74) is 3.12. The number of rotatable bonds is 8. The summed E-state index contributed by atoms with van der Waals surface area (Å²) in [6.07, 6.45) is 1.61. The molecule has 0 spiro atoms. The summed E-state index contributed by atoms with van der Waals surface area (Å²) < 4.78 is 17.9. The van der Waals surface area contributed by atoms with Crippen molar-refractivity contribution in [2.24, 2.45) is 11.8 Å². The van der Waals surface area contributed by atoms with E-state index in [9.17, 15) is 9.90 Å². The van der Waals surface area contributed by atoms with Crippen LogP contribution in [0.3, 0.4) is 0 Å². The van der Waals surface area contributed by atoms with Crippen molar-refractivity contribution in [2.45, 2.75) is 44.9 Å². The Morgan fingerprint density at radius 2 is 1.53 bits per heavy atom. The normalized spacial score (nSPS) is 27.5. The molecule has 30 heavy (non-hydrogen) atoms. The number of aliphatic hydroxyl groups is 1. The maximum absolute atomic E-state index is 11.3. The van der Waals surface area contributed by atoms with Gasteiger partial charge in [-0.1, -0.05) is 66.7 Å². The maximum Gasteiger partial charge on any atom is 0.302 e. The molecule has 0 aromatic heterocycles. The molecule has 2 aliphatic carbocycles. The van der Waals surface area contributed by atoms with E-state index < -0.39 is 6.10 Å². The molecule has 5 nitrogen and oxygen atoms in total. The second-order valence-electron chi connectivity index (χ2n) is 8.03. The molecule has 0 aliphatic heterocycles. The molecule has 0 saturated heterocycles. The molecule has 2 aromatic rings. The number of benzene rings is 2. The van der Waals surface area contributed by atoms with Crippen LogP contribution in [0.2, 0.25) is 0 Å². The first-order chi connectivity index (χ1) is 14.6. The van der Waals surface area contributed by atoms with Crippen LogP contribution in [-0.2, 0) is 32.2 Å². The van der Waals surface area contributed by atoms with Crippen LogP contribution < -0.4 is 0 Å². The second kappa shape index (κ2) is 9.56. The fraction of sp³-hybridized carbons (Fsp3) is 0.400. The molecule has 0 radical (unpaired) electrons. The third-order valence-corrected chi connectivity index (χ3v) is 5.97. The van der Waals surface area contributed by atoms with Crippen molar-refractivity contribution < 1.29 is 24.1 Å². The zero-order valence-corrected chi connectivity index (χ0v) is 17.1. The molecule has 4 rings (SSSR count). The van der Waals surface area contributed by atoms with Gasteiger partial charge >= 0.3 is 5.97 Å². The van der Waals surface area contributed by atoms with Crippen LogP contribution in [0.4, 0.5) is 0 Å². The number of hydrogen-bond acceptors (Lipinski definition) is 5. The van der Waals surface area contributed by atoms with Gasteiger partial charge in [0.05, 0.1) is 31.5 Å². The highest BCUT2D eigenvalue weighted by atomic mass is 16.5. The molecule has 2 aliphatic rings. The smallest absolute Gasteiger partial charge is 0.302 e. The third-order valence-electron chi connectivity index (χ3n) is 5.97. The molecule has 0 bridgehead atoms. The fourth-order valence-electron chi connectivity index (χ4n) is 4.56. The molecular formula is C25H28O5. The summed E-state index contributed by atoms with van der Waals surface area (Å²) >= 11 is 0. The molecule has 5 atom stereocenters. The van der Waals surface area contributed by atoms with E-state index in [4.69, 9.17) is 14.2 Å². The van der Waals surface area contributed by atoms with Crippen molar-refractivity contribution in [3.05, 3.63) is 83.4 Å². The van der Waals surface area contributed by atoms with Gasteiger partial charge < -0.3 is 19.3 Å². The van der Waals surface area contributed by atoms with Crippen LogP contribution >= 0.6 is 0 Å². The molecule has 0 amide bonds. The van der Waals surface area contributed by atoms with Gasteiger partial charge in [0.25, 0.3) is 0 Å². The third kappa shape index (κ3) is 4.81. The molecule has 0 heterocycles. The van der Waals surface area contributed by atoms with Crippen molar-refractivity contribution in [3.8, 4) is 0 Å². The standard InChI is InChI=1S/C25H28O5/c1-17(26)28-16-20-12-22(27)21-13-23(29-14-18-8-4-2-5-9-18)25(24(20)21)30-15-19-10-6-3-7-11-19/h2-12,21-25,27H,13-16H2,1H3/t21-,22-,23+,24+,25+/m0/s1. The first kappa shape index (κ1) is 20.8. The number of hydrogen-bond donors (Lipinski definition) is 1.